The van der Waals surface area contributed by atoms with Crippen LogP contribution in [0.2, 0.25) is 0 Å². The van der Waals surface area contributed by atoms with Crippen molar-refractivity contribution in [3.05, 3.63) is 140 Å². The number of fused-ring (bicyclic) bond motifs is 6. The Kier molecular flexibility index (Phi) is 7.23. The van der Waals surface area contributed by atoms with Gasteiger partial charge < -0.3 is 30.1 Å². The second-order valence-electron chi connectivity index (χ2n) is 13.2. The Morgan fingerprint density at radius 1 is 0.418 bits per heavy atom. The summed E-state index contributed by atoms with van der Waals surface area (Å²) in [6.45, 7) is 0. The van der Waals surface area contributed by atoms with E-state index in [1.54, 1.807) is 23.5 Å². The van der Waals surface area contributed by atoms with Crippen LogP contribution in [-0.4, -0.2) is 45.1 Å². The van der Waals surface area contributed by atoms with Gasteiger partial charge in [0.1, 0.15) is 0 Å². The molecule has 0 atom stereocenters. The predicted octanol–water partition coefficient (Wildman–Crippen LogP) is 10.5. The van der Waals surface area contributed by atoms with Crippen LogP contribution < -0.4 is 0 Å². The summed E-state index contributed by atoms with van der Waals surface area (Å²) in [5.41, 5.74) is 5.60. The van der Waals surface area contributed by atoms with Crippen molar-refractivity contribution in [3.8, 4) is 79.7 Å². The number of nitrogens with zero attached hydrogens (tertiary/aromatic N) is 4. The van der Waals surface area contributed by atoms with Gasteiger partial charge >= 0.3 is 0 Å². The first-order valence-corrected chi connectivity index (χ1v) is 18.2. The lowest BCUT2D eigenvalue weighted by atomic mass is 9.99. The van der Waals surface area contributed by atoms with Gasteiger partial charge in [-0.3, -0.25) is 0 Å². The molecule has 0 bridgehead atoms. The minimum absolute atomic E-state index is 0.195. The molecule has 0 saturated carbocycles. The van der Waals surface area contributed by atoms with Crippen molar-refractivity contribution in [3.63, 3.8) is 0 Å². The molecule has 3 aromatic heterocycles. The first kappa shape index (κ1) is 32.2. The largest absolute Gasteiger partial charge is 0.504 e. The number of thiophene rings is 1. The van der Waals surface area contributed by atoms with Crippen LogP contribution in [0.1, 0.15) is 0 Å². The molecule has 10 heteroatoms. The van der Waals surface area contributed by atoms with E-state index in [4.69, 9.17) is 15.0 Å². The van der Waals surface area contributed by atoms with Crippen molar-refractivity contribution in [1.29, 1.82) is 0 Å². The van der Waals surface area contributed by atoms with E-state index in [1.807, 2.05) is 97.1 Å². The van der Waals surface area contributed by atoms with Gasteiger partial charge in [-0.25, -0.2) is 15.0 Å². The van der Waals surface area contributed by atoms with Gasteiger partial charge in [0.25, 0.3) is 0 Å². The molecule has 3 heterocycles. The molecule has 264 valence electrons. The van der Waals surface area contributed by atoms with Crippen LogP contribution in [0.5, 0.6) is 28.7 Å². The zero-order valence-corrected chi connectivity index (χ0v) is 29.5. The predicted molar refractivity (Wildman–Crippen MR) is 217 cm³/mol. The van der Waals surface area contributed by atoms with Gasteiger partial charge in [0.2, 0.25) is 17.2 Å². The summed E-state index contributed by atoms with van der Waals surface area (Å²) in [6.07, 6.45) is 0. The van der Waals surface area contributed by atoms with Crippen molar-refractivity contribution in [2.24, 2.45) is 0 Å². The Morgan fingerprint density at radius 2 is 1.02 bits per heavy atom. The molecule has 9 nitrogen and oxygen atoms in total. The standard InChI is InChI=1S/C45H28N4O5S/c50-38-36(39(51)41(53)42(54)40(38)52)26-18-21-33-31(22-26)28-14-7-8-16-32(28)49(33)27-19-20-29-35(23-27)55-34-17-9-15-30(37(29)34)45-47-43(24-10-3-1-4-11-24)46-44(48-45)25-12-5-2-6-13-25/h1-23,50-54H. The minimum Gasteiger partial charge on any atom is -0.504 e. The second kappa shape index (κ2) is 12.3. The highest BCUT2D eigenvalue weighted by Crippen LogP contribution is 2.55. The molecule has 0 fully saturated rings. The summed E-state index contributed by atoms with van der Waals surface area (Å²) >= 11 is 1.69. The van der Waals surface area contributed by atoms with Crippen LogP contribution in [0, 0.1) is 0 Å². The molecule has 5 N–H and O–H groups in total. The maximum atomic E-state index is 10.7. The smallest absolute Gasteiger partial charge is 0.208 e. The molecule has 0 radical (unpaired) electrons. The number of phenolic OH excluding ortho intramolecular Hbond substituents is 5. The SMILES string of the molecule is Oc1c(O)c(O)c(-c2ccc3c(c2)c2ccccc2n3-c2ccc3c(c2)sc2cccc(-c4nc(-c5ccccc5)nc(-c5ccccc5)n4)c23)c(O)c1O. The maximum Gasteiger partial charge on any atom is 0.208 e. The summed E-state index contributed by atoms with van der Waals surface area (Å²) in [5.74, 6) is -2.53. The summed E-state index contributed by atoms with van der Waals surface area (Å²) in [4.78, 5) is 14.9. The van der Waals surface area contributed by atoms with Crippen LogP contribution >= 0.6 is 11.3 Å². The number of para-hydroxylation sites is 1. The molecule has 10 rings (SSSR count). The van der Waals surface area contributed by atoms with Gasteiger partial charge in [0, 0.05) is 53.3 Å². The first-order chi connectivity index (χ1) is 26.9. The third-order valence-electron chi connectivity index (χ3n) is 10.0. The number of hydrogen-bond acceptors (Lipinski definition) is 9. The van der Waals surface area contributed by atoms with Crippen LogP contribution in [0.25, 0.3) is 93.0 Å². The number of aromatic hydroxyl groups is 5. The summed E-state index contributed by atoms with van der Waals surface area (Å²) in [5, 5.41) is 55.7. The molecule has 0 saturated heterocycles. The van der Waals surface area contributed by atoms with Crippen LogP contribution in [0.3, 0.4) is 0 Å². The monoisotopic (exact) mass is 736 g/mol. The number of phenols is 5. The quantitative estimate of drug-likeness (QED) is 0.0867. The lowest BCUT2D eigenvalue weighted by Gasteiger charge is -2.13. The molecule has 55 heavy (non-hydrogen) atoms. The molecule has 0 aliphatic rings. The van der Waals surface area contributed by atoms with E-state index in [-0.39, 0.29) is 5.56 Å². The molecule has 0 spiro atoms. The van der Waals surface area contributed by atoms with E-state index in [1.165, 1.54) is 0 Å². The molecule has 10 aromatic rings. The van der Waals surface area contributed by atoms with Gasteiger partial charge in [0.05, 0.1) is 16.6 Å². The van der Waals surface area contributed by atoms with Gasteiger partial charge in [-0.15, -0.1) is 11.3 Å². The number of aromatic nitrogens is 4. The van der Waals surface area contributed by atoms with Gasteiger partial charge in [-0.05, 0) is 42.0 Å². The molecular weight excluding hydrogens is 709 g/mol. The van der Waals surface area contributed by atoms with Crippen LogP contribution in [0.4, 0.5) is 0 Å². The fourth-order valence-electron chi connectivity index (χ4n) is 7.43. The Bertz CT molecular complexity index is 3070. The average Bonchev–Trinajstić information content (AvgIpc) is 3.78. The van der Waals surface area contributed by atoms with E-state index in [2.05, 4.69) is 34.9 Å². The van der Waals surface area contributed by atoms with Crippen molar-refractivity contribution in [2.45, 2.75) is 0 Å². The molecule has 0 aliphatic heterocycles. The Hall–Kier alpha value is -7.43. The van der Waals surface area contributed by atoms with Crippen molar-refractivity contribution < 1.29 is 25.5 Å². The third kappa shape index (κ3) is 5.03. The topological polar surface area (TPSA) is 145 Å². The molecular formula is C45H28N4O5S. The summed E-state index contributed by atoms with van der Waals surface area (Å²) in [7, 11) is 0. The van der Waals surface area contributed by atoms with E-state index in [9.17, 15) is 25.5 Å². The lowest BCUT2D eigenvalue weighted by molar-refractivity contribution is 0.330. The fraction of sp³-hybridized carbons (Fsp3) is 0. The Balaban J connectivity index is 1.15. The molecule has 7 aromatic carbocycles. The summed E-state index contributed by atoms with van der Waals surface area (Å²) < 4.78 is 4.34. The maximum absolute atomic E-state index is 10.7. The van der Waals surface area contributed by atoms with Gasteiger partial charge in [-0.1, -0.05) is 103 Å². The highest BCUT2D eigenvalue weighted by Gasteiger charge is 2.25. The van der Waals surface area contributed by atoms with Gasteiger partial charge in [0.15, 0.2) is 29.0 Å². The number of hydrogen-bond donors (Lipinski definition) is 5. The number of benzene rings is 7. The first-order valence-electron chi connectivity index (χ1n) is 17.4. The Morgan fingerprint density at radius 3 is 1.71 bits per heavy atom. The minimum atomic E-state index is -0.998. The molecule has 0 unspecified atom stereocenters. The Labute approximate surface area is 316 Å². The molecule has 0 aliphatic carbocycles. The van der Waals surface area contributed by atoms with E-state index in [0.29, 0.717) is 23.0 Å². The number of rotatable bonds is 5. The zero-order valence-electron chi connectivity index (χ0n) is 28.7. The highest BCUT2D eigenvalue weighted by atomic mass is 32.1. The van der Waals surface area contributed by atoms with Crippen LogP contribution in [-0.2, 0) is 0 Å². The van der Waals surface area contributed by atoms with Crippen molar-refractivity contribution >= 4 is 53.3 Å². The third-order valence-corrected chi connectivity index (χ3v) is 11.1. The fourth-order valence-corrected chi connectivity index (χ4v) is 8.60. The average molecular weight is 737 g/mol. The van der Waals surface area contributed by atoms with Crippen molar-refractivity contribution in [1.82, 2.24) is 19.5 Å². The van der Waals surface area contributed by atoms with Crippen LogP contribution in [0.15, 0.2) is 140 Å². The molecule has 0 amide bonds. The van der Waals surface area contributed by atoms with E-state index >= 15 is 0 Å². The summed E-state index contributed by atoms with van der Waals surface area (Å²) in [6, 6.07) is 45.8. The lowest BCUT2D eigenvalue weighted by Crippen LogP contribution is -2.00. The van der Waals surface area contributed by atoms with E-state index < -0.39 is 28.7 Å². The normalized spacial score (nSPS) is 11.6. The second-order valence-corrected chi connectivity index (χ2v) is 14.3. The van der Waals surface area contributed by atoms with Crippen molar-refractivity contribution in [2.75, 3.05) is 0 Å². The zero-order chi connectivity index (χ0) is 37.4. The van der Waals surface area contributed by atoms with Gasteiger partial charge in [-0.2, -0.15) is 0 Å². The van der Waals surface area contributed by atoms with E-state index in [0.717, 1.165) is 64.4 Å². The highest BCUT2D eigenvalue weighted by molar-refractivity contribution is 7.26.